The number of imidazole rings is 1. The molecule has 28 heavy (non-hydrogen) atoms. The quantitative estimate of drug-likeness (QED) is 0.664. The molecule has 2 aromatic rings. The van der Waals surface area contributed by atoms with Crippen molar-refractivity contribution in [3.8, 4) is 0 Å². The SMILES string of the molecule is CCCCn1c(=O)[nH]c(=O)c2c1nc(COC(=O)CCC1CCCC1)n2CC. The van der Waals surface area contributed by atoms with Crippen LogP contribution in [-0.2, 0) is 29.2 Å². The second-order valence-corrected chi connectivity index (χ2v) is 7.56. The van der Waals surface area contributed by atoms with Gasteiger partial charge in [-0.15, -0.1) is 0 Å². The number of carbonyl (C=O) groups excluding carboxylic acids is 1. The highest BCUT2D eigenvalue weighted by atomic mass is 16.5. The Kier molecular flexibility index (Phi) is 6.70. The van der Waals surface area contributed by atoms with E-state index in [2.05, 4.69) is 9.97 Å². The van der Waals surface area contributed by atoms with Crippen LogP contribution in [-0.4, -0.2) is 25.1 Å². The minimum absolute atomic E-state index is 0.00737. The lowest BCUT2D eigenvalue weighted by molar-refractivity contribution is -0.145. The number of nitrogens with one attached hydrogen (secondary N) is 1. The number of aromatic amines is 1. The molecule has 0 amide bonds. The second-order valence-electron chi connectivity index (χ2n) is 7.56. The number of esters is 1. The van der Waals surface area contributed by atoms with E-state index in [9.17, 15) is 14.4 Å². The fourth-order valence-corrected chi connectivity index (χ4v) is 4.03. The summed E-state index contributed by atoms with van der Waals surface area (Å²) in [6.45, 7) is 4.93. The smallest absolute Gasteiger partial charge is 0.330 e. The maximum absolute atomic E-state index is 12.4. The van der Waals surface area contributed by atoms with Crippen LogP contribution >= 0.6 is 0 Å². The van der Waals surface area contributed by atoms with Gasteiger partial charge < -0.3 is 9.30 Å². The van der Waals surface area contributed by atoms with Gasteiger partial charge in [-0.3, -0.25) is 19.1 Å². The maximum Gasteiger partial charge on any atom is 0.330 e. The molecule has 0 unspecified atom stereocenters. The fourth-order valence-electron chi connectivity index (χ4n) is 4.03. The lowest BCUT2D eigenvalue weighted by Crippen LogP contribution is -2.31. The molecule has 1 aliphatic carbocycles. The maximum atomic E-state index is 12.4. The predicted octanol–water partition coefficient (Wildman–Crippen LogP) is 2.72. The number of aryl methyl sites for hydroxylation is 2. The molecular weight excluding hydrogens is 360 g/mol. The van der Waals surface area contributed by atoms with E-state index in [1.165, 1.54) is 30.3 Å². The fraction of sp³-hybridized carbons (Fsp3) is 0.700. The zero-order valence-corrected chi connectivity index (χ0v) is 16.8. The topological polar surface area (TPSA) is 99.0 Å². The first-order valence-electron chi connectivity index (χ1n) is 10.4. The number of aromatic nitrogens is 4. The van der Waals surface area contributed by atoms with Crippen LogP contribution in [0, 0.1) is 5.92 Å². The number of unbranched alkanes of at least 4 members (excludes halogenated alkanes) is 1. The highest BCUT2D eigenvalue weighted by molar-refractivity contribution is 5.71. The summed E-state index contributed by atoms with van der Waals surface area (Å²) in [6, 6.07) is 0. The summed E-state index contributed by atoms with van der Waals surface area (Å²) in [4.78, 5) is 43.6. The summed E-state index contributed by atoms with van der Waals surface area (Å²) in [5.74, 6) is 0.895. The van der Waals surface area contributed by atoms with Crippen LogP contribution in [0.15, 0.2) is 9.59 Å². The summed E-state index contributed by atoms with van der Waals surface area (Å²) in [6.07, 6.45) is 7.95. The second kappa shape index (κ2) is 9.21. The van der Waals surface area contributed by atoms with Gasteiger partial charge in [-0.2, -0.15) is 0 Å². The minimum atomic E-state index is -0.457. The van der Waals surface area contributed by atoms with Crippen LogP contribution in [0.1, 0.15) is 71.0 Å². The van der Waals surface area contributed by atoms with Crippen molar-refractivity contribution in [2.45, 2.75) is 84.9 Å². The van der Waals surface area contributed by atoms with Gasteiger partial charge >= 0.3 is 11.7 Å². The van der Waals surface area contributed by atoms with Crippen molar-refractivity contribution in [2.24, 2.45) is 5.92 Å². The Hall–Kier alpha value is -2.38. The molecule has 2 heterocycles. The molecule has 0 radical (unpaired) electrons. The number of hydrogen-bond donors (Lipinski definition) is 1. The summed E-state index contributed by atoms with van der Waals surface area (Å²) < 4.78 is 8.65. The lowest BCUT2D eigenvalue weighted by Gasteiger charge is -2.09. The number of rotatable bonds is 9. The van der Waals surface area contributed by atoms with Gasteiger partial charge in [-0.05, 0) is 25.7 Å². The normalized spacial score (nSPS) is 14.8. The van der Waals surface area contributed by atoms with Gasteiger partial charge in [-0.25, -0.2) is 9.78 Å². The van der Waals surface area contributed by atoms with Crippen LogP contribution in [0.4, 0.5) is 0 Å². The van der Waals surface area contributed by atoms with Crippen molar-refractivity contribution in [1.29, 1.82) is 0 Å². The van der Waals surface area contributed by atoms with E-state index in [0.717, 1.165) is 19.3 Å². The summed E-state index contributed by atoms with van der Waals surface area (Å²) in [7, 11) is 0. The van der Waals surface area contributed by atoms with E-state index >= 15 is 0 Å². The van der Waals surface area contributed by atoms with Gasteiger partial charge in [-0.1, -0.05) is 39.0 Å². The number of H-pyrrole nitrogens is 1. The summed E-state index contributed by atoms with van der Waals surface area (Å²) in [5.41, 5.74) is -0.191. The summed E-state index contributed by atoms with van der Waals surface area (Å²) >= 11 is 0. The van der Waals surface area contributed by atoms with Crippen molar-refractivity contribution < 1.29 is 9.53 Å². The van der Waals surface area contributed by atoms with Gasteiger partial charge in [0, 0.05) is 19.5 Å². The first kappa shape index (κ1) is 20.4. The predicted molar refractivity (Wildman–Crippen MR) is 106 cm³/mol. The molecular formula is C20H30N4O4. The van der Waals surface area contributed by atoms with Crippen molar-refractivity contribution >= 4 is 17.1 Å². The first-order valence-corrected chi connectivity index (χ1v) is 10.4. The van der Waals surface area contributed by atoms with Crippen LogP contribution < -0.4 is 11.2 Å². The third kappa shape index (κ3) is 4.36. The molecule has 1 saturated carbocycles. The van der Waals surface area contributed by atoms with Gasteiger partial charge in [0.05, 0.1) is 0 Å². The highest BCUT2D eigenvalue weighted by Crippen LogP contribution is 2.28. The Morgan fingerprint density at radius 1 is 1.21 bits per heavy atom. The molecule has 0 saturated heterocycles. The minimum Gasteiger partial charge on any atom is -0.458 e. The zero-order valence-electron chi connectivity index (χ0n) is 16.8. The monoisotopic (exact) mass is 390 g/mol. The molecule has 154 valence electrons. The van der Waals surface area contributed by atoms with E-state index in [0.29, 0.717) is 42.4 Å². The summed E-state index contributed by atoms with van der Waals surface area (Å²) in [5, 5.41) is 0. The van der Waals surface area contributed by atoms with E-state index in [1.54, 1.807) is 4.57 Å². The Labute approximate surface area is 163 Å². The average molecular weight is 390 g/mol. The Morgan fingerprint density at radius 3 is 2.64 bits per heavy atom. The number of hydrogen-bond acceptors (Lipinski definition) is 5. The van der Waals surface area contributed by atoms with Crippen molar-refractivity contribution in [3.63, 3.8) is 0 Å². The van der Waals surface area contributed by atoms with Crippen LogP contribution in [0.25, 0.3) is 11.2 Å². The van der Waals surface area contributed by atoms with Crippen molar-refractivity contribution in [3.05, 3.63) is 26.7 Å². The molecule has 1 N–H and O–H groups in total. The molecule has 0 bridgehead atoms. The lowest BCUT2D eigenvalue weighted by atomic mass is 10.0. The van der Waals surface area contributed by atoms with E-state index in [1.807, 2.05) is 13.8 Å². The third-order valence-electron chi connectivity index (χ3n) is 5.61. The Morgan fingerprint density at radius 2 is 1.96 bits per heavy atom. The van der Waals surface area contributed by atoms with E-state index in [-0.39, 0.29) is 12.6 Å². The van der Waals surface area contributed by atoms with Crippen LogP contribution in [0.5, 0.6) is 0 Å². The van der Waals surface area contributed by atoms with Gasteiger partial charge in [0.25, 0.3) is 5.56 Å². The molecule has 0 aromatic carbocycles. The molecule has 8 heteroatoms. The van der Waals surface area contributed by atoms with Crippen molar-refractivity contribution in [1.82, 2.24) is 19.1 Å². The van der Waals surface area contributed by atoms with Gasteiger partial charge in [0.1, 0.15) is 12.4 Å². The molecule has 0 spiro atoms. The van der Waals surface area contributed by atoms with E-state index in [4.69, 9.17) is 4.74 Å². The molecule has 1 aliphatic rings. The molecule has 3 rings (SSSR count). The van der Waals surface area contributed by atoms with Gasteiger partial charge in [0.15, 0.2) is 11.2 Å². The molecule has 0 aliphatic heterocycles. The van der Waals surface area contributed by atoms with Crippen molar-refractivity contribution in [2.75, 3.05) is 0 Å². The number of fused-ring (bicyclic) bond motifs is 1. The highest BCUT2D eigenvalue weighted by Gasteiger charge is 2.20. The number of carbonyl (C=O) groups is 1. The third-order valence-corrected chi connectivity index (χ3v) is 5.61. The van der Waals surface area contributed by atoms with Crippen LogP contribution in [0.3, 0.4) is 0 Å². The Bertz CT molecular complexity index is 934. The van der Waals surface area contributed by atoms with E-state index < -0.39 is 11.2 Å². The van der Waals surface area contributed by atoms with Crippen LogP contribution in [0.2, 0.25) is 0 Å². The van der Waals surface area contributed by atoms with Gasteiger partial charge in [0.2, 0.25) is 0 Å². The number of ether oxygens (including phenoxy) is 1. The molecule has 8 nitrogen and oxygen atoms in total. The molecule has 0 atom stereocenters. The molecule has 2 aromatic heterocycles. The molecule has 1 fully saturated rings. The Balaban J connectivity index is 1.78. The standard InChI is InChI=1S/C20H30N4O4/c1-3-5-12-24-18-17(19(26)22-20(24)27)23(4-2)15(21-18)13-28-16(25)11-10-14-8-6-7-9-14/h14H,3-13H2,1-2H3,(H,22,26,27). The first-order chi connectivity index (χ1) is 13.5. The average Bonchev–Trinajstić information content (AvgIpc) is 3.32. The number of nitrogens with zero attached hydrogens (tertiary/aromatic N) is 3. The largest absolute Gasteiger partial charge is 0.458 e. The zero-order chi connectivity index (χ0) is 20.1.